The van der Waals surface area contributed by atoms with Gasteiger partial charge >= 0.3 is 0 Å². The second-order valence-electron chi connectivity index (χ2n) is 5.17. The van der Waals surface area contributed by atoms with Crippen LogP contribution in [0.3, 0.4) is 0 Å². The Hall–Kier alpha value is -2.67. The SMILES string of the molecule is CCOc1ccc(CC(=O)NCc2cn(-c3ccsc3)nn2)cc1. The normalized spacial score (nSPS) is 10.5. The summed E-state index contributed by atoms with van der Waals surface area (Å²) in [7, 11) is 0. The molecule has 0 saturated heterocycles. The molecule has 124 valence electrons. The smallest absolute Gasteiger partial charge is 0.224 e. The standard InChI is InChI=1S/C17H18N4O2S/c1-2-23-16-5-3-13(4-6-16)9-17(22)18-10-14-11-21(20-19-14)15-7-8-24-12-15/h3-8,11-12H,2,9-10H2,1H3,(H,18,22). The molecule has 0 saturated carbocycles. The third-order valence-corrected chi connectivity index (χ3v) is 4.05. The topological polar surface area (TPSA) is 69.0 Å². The molecule has 0 bridgehead atoms. The van der Waals surface area contributed by atoms with Crippen LogP contribution in [0.15, 0.2) is 47.3 Å². The number of nitrogens with one attached hydrogen (secondary N) is 1. The molecule has 3 aromatic rings. The first-order valence-corrected chi connectivity index (χ1v) is 8.61. The van der Waals surface area contributed by atoms with Gasteiger partial charge in [-0.15, -0.1) is 5.10 Å². The number of ether oxygens (including phenoxy) is 1. The fourth-order valence-electron chi connectivity index (χ4n) is 2.20. The van der Waals surface area contributed by atoms with Crippen LogP contribution in [-0.4, -0.2) is 27.5 Å². The Labute approximate surface area is 144 Å². The highest BCUT2D eigenvalue weighted by Gasteiger charge is 2.07. The molecule has 7 heteroatoms. The van der Waals surface area contributed by atoms with Crippen molar-refractivity contribution in [3.05, 3.63) is 58.5 Å². The highest BCUT2D eigenvalue weighted by molar-refractivity contribution is 7.08. The van der Waals surface area contributed by atoms with Gasteiger partial charge in [0.1, 0.15) is 11.4 Å². The number of carbonyl (C=O) groups is 1. The summed E-state index contributed by atoms with van der Waals surface area (Å²) >= 11 is 1.60. The van der Waals surface area contributed by atoms with Crippen molar-refractivity contribution in [3.63, 3.8) is 0 Å². The van der Waals surface area contributed by atoms with E-state index in [2.05, 4.69) is 15.6 Å². The Morgan fingerprint density at radius 1 is 1.29 bits per heavy atom. The predicted molar refractivity (Wildman–Crippen MR) is 92.4 cm³/mol. The first-order valence-electron chi connectivity index (χ1n) is 7.67. The molecule has 2 heterocycles. The lowest BCUT2D eigenvalue weighted by molar-refractivity contribution is -0.120. The minimum absolute atomic E-state index is 0.0516. The first kappa shape index (κ1) is 16.2. The van der Waals surface area contributed by atoms with E-state index in [-0.39, 0.29) is 5.91 Å². The number of hydrogen-bond donors (Lipinski definition) is 1. The molecule has 0 aliphatic rings. The van der Waals surface area contributed by atoms with Gasteiger partial charge in [0, 0.05) is 5.38 Å². The van der Waals surface area contributed by atoms with Gasteiger partial charge in [-0.25, -0.2) is 4.68 Å². The zero-order valence-electron chi connectivity index (χ0n) is 13.3. The molecule has 0 spiro atoms. The Balaban J connectivity index is 1.50. The molecule has 0 unspecified atom stereocenters. The molecule has 0 radical (unpaired) electrons. The summed E-state index contributed by atoms with van der Waals surface area (Å²) in [4.78, 5) is 12.0. The fourth-order valence-corrected chi connectivity index (χ4v) is 2.82. The second kappa shape index (κ2) is 7.74. The van der Waals surface area contributed by atoms with Gasteiger partial charge in [0.2, 0.25) is 5.91 Å². The van der Waals surface area contributed by atoms with E-state index in [1.54, 1.807) is 16.0 Å². The maximum atomic E-state index is 12.0. The Kier molecular flexibility index (Phi) is 5.22. The van der Waals surface area contributed by atoms with E-state index in [1.165, 1.54) is 0 Å². The van der Waals surface area contributed by atoms with Gasteiger partial charge in [-0.2, -0.15) is 11.3 Å². The van der Waals surface area contributed by atoms with Gasteiger partial charge in [-0.05, 0) is 36.1 Å². The average Bonchev–Trinajstić information content (AvgIpc) is 3.26. The second-order valence-corrected chi connectivity index (χ2v) is 5.95. The van der Waals surface area contributed by atoms with Gasteiger partial charge in [-0.3, -0.25) is 4.79 Å². The van der Waals surface area contributed by atoms with Gasteiger partial charge in [0.05, 0.1) is 31.5 Å². The van der Waals surface area contributed by atoms with Crippen LogP contribution in [0.1, 0.15) is 18.2 Å². The zero-order valence-corrected chi connectivity index (χ0v) is 14.1. The van der Waals surface area contributed by atoms with E-state index in [9.17, 15) is 4.79 Å². The van der Waals surface area contributed by atoms with Crippen molar-refractivity contribution in [2.24, 2.45) is 0 Å². The van der Waals surface area contributed by atoms with Crippen LogP contribution in [-0.2, 0) is 17.8 Å². The molecule has 0 aliphatic carbocycles. The van der Waals surface area contributed by atoms with Gasteiger partial charge in [0.25, 0.3) is 0 Å². The van der Waals surface area contributed by atoms with Crippen LogP contribution < -0.4 is 10.1 Å². The number of hydrogen-bond acceptors (Lipinski definition) is 5. The highest BCUT2D eigenvalue weighted by Crippen LogP contribution is 2.13. The number of nitrogens with zero attached hydrogens (tertiary/aromatic N) is 3. The minimum atomic E-state index is -0.0516. The van der Waals surface area contributed by atoms with Crippen LogP contribution in [0, 0.1) is 0 Å². The maximum absolute atomic E-state index is 12.0. The molecule has 6 nitrogen and oxygen atoms in total. The largest absolute Gasteiger partial charge is 0.494 e. The van der Waals surface area contributed by atoms with Crippen LogP contribution in [0.25, 0.3) is 5.69 Å². The van der Waals surface area contributed by atoms with Crippen LogP contribution in [0.5, 0.6) is 5.75 Å². The molecule has 3 rings (SSSR count). The van der Waals surface area contributed by atoms with E-state index < -0.39 is 0 Å². The molecule has 0 atom stereocenters. The fraction of sp³-hybridized carbons (Fsp3) is 0.235. The molecular formula is C17H18N4O2S. The number of thiophene rings is 1. The number of amides is 1. The molecular weight excluding hydrogens is 324 g/mol. The van der Waals surface area contributed by atoms with Crippen molar-refractivity contribution >= 4 is 17.2 Å². The maximum Gasteiger partial charge on any atom is 0.224 e. The molecule has 1 aromatic carbocycles. The average molecular weight is 342 g/mol. The number of aromatic nitrogens is 3. The Morgan fingerprint density at radius 3 is 2.83 bits per heavy atom. The highest BCUT2D eigenvalue weighted by atomic mass is 32.1. The van der Waals surface area contributed by atoms with Crippen molar-refractivity contribution in [1.29, 1.82) is 0 Å². The molecule has 0 fully saturated rings. The number of carbonyl (C=O) groups excluding carboxylic acids is 1. The van der Waals surface area contributed by atoms with Gasteiger partial charge in [0.15, 0.2) is 0 Å². The predicted octanol–water partition coefficient (Wildman–Crippen LogP) is 2.59. The Morgan fingerprint density at radius 2 is 2.12 bits per heavy atom. The summed E-state index contributed by atoms with van der Waals surface area (Å²) in [6, 6.07) is 9.51. The van der Waals surface area contributed by atoms with E-state index in [0.29, 0.717) is 19.6 Å². The lowest BCUT2D eigenvalue weighted by atomic mass is 10.1. The van der Waals surface area contributed by atoms with E-state index in [4.69, 9.17) is 4.74 Å². The van der Waals surface area contributed by atoms with Crippen molar-refractivity contribution in [2.75, 3.05) is 6.61 Å². The summed E-state index contributed by atoms with van der Waals surface area (Å²) in [6.07, 6.45) is 2.14. The van der Waals surface area contributed by atoms with Crippen LogP contribution in [0.2, 0.25) is 0 Å². The molecule has 1 N–H and O–H groups in total. The molecule has 2 aromatic heterocycles. The summed E-state index contributed by atoms with van der Waals surface area (Å²) in [5.41, 5.74) is 2.64. The van der Waals surface area contributed by atoms with Crippen LogP contribution >= 0.6 is 11.3 Å². The molecule has 1 amide bonds. The van der Waals surface area contributed by atoms with Crippen LogP contribution in [0.4, 0.5) is 0 Å². The zero-order chi connectivity index (χ0) is 16.8. The minimum Gasteiger partial charge on any atom is -0.494 e. The van der Waals surface area contributed by atoms with Crippen molar-refractivity contribution in [2.45, 2.75) is 19.9 Å². The summed E-state index contributed by atoms with van der Waals surface area (Å²) in [6.45, 7) is 2.93. The summed E-state index contributed by atoms with van der Waals surface area (Å²) in [5, 5.41) is 15.0. The van der Waals surface area contributed by atoms with E-state index in [0.717, 1.165) is 22.7 Å². The molecule has 24 heavy (non-hydrogen) atoms. The van der Waals surface area contributed by atoms with Gasteiger partial charge in [-0.1, -0.05) is 17.3 Å². The van der Waals surface area contributed by atoms with E-state index >= 15 is 0 Å². The Bertz CT molecular complexity index is 781. The number of benzene rings is 1. The summed E-state index contributed by atoms with van der Waals surface area (Å²) in [5.74, 6) is 0.760. The van der Waals surface area contributed by atoms with Crippen molar-refractivity contribution in [3.8, 4) is 11.4 Å². The monoisotopic (exact) mass is 342 g/mol. The lowest BCUT2D eigenvalue weighted by Gasteiger charge is -2.05. The quantitative estimate of drug-likeness (QED) is 0.716. The summed E-state index contributed by atoms with van der Waals surface area (Å²) < 4.78 is 7.09. The third-order valence-electron chi connectivity index (χ3n) is 3.38. The van der Waals surface area contributed by atoms with Crippen molar-refractivity contribution < 1.29 is 9.53 Å². The third kappa shape index (κ3) is 4.20. The number of rotatable bonds is 7. The van der Waals surface area contributed by atoms with Crippen molar-refractivity contribution in [1.82, 2.24) is 20.3 Å². The lowest BCUT2D eigenvalue weighted by Crippen LogP contribution is -2.24. The first-order chi connectivity index (χ1) is 11.7. The molecule has 0 aliphatic heterocycles. The van der Waals surface area contributed by atoms with Gasteiger partial charge < -0.3 is 10.1 Å². The van der Waals surface area contributed by atoms with E-state index in [1.807, 2.05) is 54.2 Å².